The highest BCUT2D eigenvalue weighted by Gasteiger charge is 2.27. The highest BCUT2D eigenvalue weighted by molar-refractivity contribution is 5.81. The van der Waals surface area contributed by atoms with Crippen molar-refractivity contribution in [2.45, 2.75) is 54.3 Å². The molecule has 0 saturated carbocycles. The Morgan fingerprint density at radius 1 is 1.21 bits per heavy atom. The van der Waals surface area contributed by atoms with Crippen LogP contribution in [-0.2, 0) is 14.3 Å². The molecule has 0 fully saturated rings. The Balaban J connectivity index is 5.01. The van der Waals surface area contributed by atoms with Gasteiger partial charge < -0.3 is 9.47 Å². The fourth-order valence-corrected chi connectivity index (χ4v) is 1.34. The molecule has 0 aromatic rings. The Labute approximate surface area is 116 Å². The first-order valence-corrected chi connectivity index (χ1v) is 6.57. The Bertz CT molecular complexity index is 334. The van der Waals surface area contributed by atoms with E-state index in [-0.39, 0.29) is 5.78 Å². The third-order valence-corrected chi connectivity index (χ3v) is 2.85. The van der Waals surface area contributed by atoms with Gasteiger partial charge in [-0.15, -0.1) is 0 Å². The van der Waals surface area contributed by atoms with Crippen molar-refractivity contribution in [2.75, 3.05) is 6.61 Å². The Morgan fingerprint density at radius 3 is 2.11 bits per heavy atom. The molecule has 0 amide bonds. The second kappa shape index (κ2) is 7.50. The summed E-state index contributed by atoms with van der Waals surface area (Å²) >= 11 is 0. The summed E-state index contributed by atoms with van der Waals surface area (Å²) in [6.45, 7) is 11.7. The molecule has 0 bridgehead atoms. The summed E-state index contributed by atoms with van der Waals surface area (Å²) in [5.41, 5.74) is 10.3. The van der Waals surface area contributed by atoms with Crippen LogP contribution in [0.4, 0.5) is 0 Å². The van der Waals surface area contributed by atoms with E-state index in [9.17, 15) is 4.79 Å². The van der Waals surface area contributed by atoms with Crippen LogP contribution in [0.1, 0.15) is 48.0 Å². The number of hydrogen-bond donors (Lipinski definition) is 2. The summed E-state index contributed by atoms with van der Waals surface area (Å²) in [4.78, 5) is 11.6. The zero-order valence-electron chi connectivity index (χ0n) is 12.9. The first-order chi connectivity index (χ1) is 8.56. The quantitative estimate of drug-likeness (QED) is 0.522. The molecule has 112 valence electrons. The number of carbonyl (C=O) groups is 1. The number of nitrogens with two attached hydrogens (primary N) is 2. The van der Waals surface area contributed by atoms with Crippen LogP contribution >= 0.6 is 0 Å². The minimum atomic E-state index is -0.891. The monoisotopic (exact) mass is 272 g/mol. The van der Waals surface area contributed by atoms with Gasteiger partial charge in [0.05, 0.1) is 6.61 Å². The van der Waals surface area contributed by atoms with Gasteiger partial charge in [-0.25, -0.2) is 0 Å². The van der Waals surface area contributed by atoms with E-state index < -0.39 is 11.8 Å². The molecule has 19 heavy (non-hydrogen) atoms. The Kier molecular flexibility index (Phi) is 7.08. The van der Waals surface area contributed by atoms with Gasteiger partial charge in [-0.1, -0.05) is 27.7 Å². The van der Waals surface area contributed by atoms with Gasteiger partial charge in [0.2, 0.25) is 6.35 Å². The zero-order chi connectivity index (χ0) is 15.2. The lowest BCUT2D eigenvalue weighted by Crippen LogP contribution is -2.33. The number of ketones is 1. The van der Waals surface area contributed by atoms with Crippen LogP contribution in [0.15, 0.2) is 11.5 Å². The molecule has 0 aliphatic rings. The molecular weight excluding hydrogens is 244 g/mol. The molecule has 0 aliphatic heterocycles. The van der Waals surface area contributed by atoms with Crippen molar-refractivity contribution >= 4 is 5.78 Å². The van der Waals surface area contributed by atoms with E-state index in [1.807, 2.05) is 13.8 Å². The second-order valence-corrected chi connectivity index (χ2v) is 5.88. The van der Waals surface area contributed by atoms with Crippen molar-refractivity contribution in [3.63, 3.8) is 0 Å². The lowest BCUT2D eigenvalue weighted by atomic mass is 9.84. The standard InChI is InChI=1S/C14H28N2O3/c1-9(2)8-18-12(10(3)19-13(15)16)7-14(5,6)11(4)17/h9,13H,7-8,15-16H2,1-6H3/b12-10-. The van der Waals surface area contributed by atoms with Crippen molar-refractivity contribution in [1.29, 1.82) is 0 Å². The third kappa shape index (κ3) is 7.18. The number of Topliss-reactive ketones (excluding diaryl/α,β-unsaturated/α-hetero) is 1. The van der Waals surface area contributed by atoms with E-state index >= 15 is 0 Å². The maximum absolute atomic E-state index is 11.6. The van der Waals surface area contributed by atoms with Gasteiger partial charge in [-0.05, 0) is 19.8 Å². The van der Waals surface area contributed by atoms with Gasteiger partial charge in [-0.2, -0.15) is 0 Å². The summed E-state index contributed by atoms with van der Waals surface area (Å²) in [6, 6.07) is 0. The number of ether oxygens (including phenoxy) is 2. The van der Waals surface area contributed by atoms with E-state index in [1.165, 1.54) is 0 Å². The number of rotatable bonds is 8. The van der Waals surface area contributed by atoms with E-state index in [2.05, 4.69) is 13.8 Å². The van der Waals surface area contributed by atoms with E-state index in [0.29, 0.717) is 30.5 Å². The zero-order valence-corrected chi connectivity index (χ0v) is 12.9. The van der Waals surface area contributed by atoms with Crippen LogP contribution in [0, 0.1) is 11.3 Å². The van der Waals surface area contributed by atoms with Gasteiger partial charge in [0, 0.05) is 11.8 Å². The summed E-state index contributed by atoms with van der Waals surface area (Å²) in [5.74, 6) is 1.65. The van der Waals surface area contributed by atoms with Crippen molar-refractivity contribution < 1.29 is 14.3 Å². The summed E-state index contributed by atoms with van der Waals surface area (Å²) < 4.78 is 11.0. The average Bonchev–Trinajstić information content (AvgIpc) is 2.22. The van der Waals surface area contributed by atoms with Crippen LogP contribution in [0.3, 0.4) is 0 Å². The van der Waals surface area contributed by atoms with Crippen LogP contribution in [0.2, 0.25) is 0 Å². The number of carbonyl (C=O) groups excluding carboxylic acids is 1. The van der Waals surface area contributed by atoms with Crippen LogP contribution in [0.5, 0.6) is 0 Å². The molecule has 0 saturated heterocycles. The molecule has 0 rings (SSSR count). The molecule has 0 aromatic heterocycles. The number of allylic oxidation sites excluding steroid dienone is 2. The SMILES string of the molecule is CC(=O)C(C)(C)C/C(OCC(C)C)=C(\C)OC(N)N. The molecule has 5 nitrogen and oxygen atoms in total. The third-order valence-electron chi connectivity index (χ3n) is 2.85. The molecule has 0 unspecified atom stereocenters. The van der Waals surface area contributed by atoms with Gasteiger partial charge >= 0.3 is 0 Å². The van der Waals surface area contributed by atoms with Crippen molar-refractivity contribution in [1.82, 2.24) is 0 Å². The minimum Gasteiger partial charge on any atom is -0.494 e. The molecule has 0 aromatic carbocycles. The van der Waals surface area contributed by atoms with E-state index in [0.717, 1.165) is 0 Å². The molecule has 4 N–H and O–H groups in total. The predicted molar refractivity (Wildman–Crippen MR) is 75.8 cm³/mol. The first kappa shape index (κ1) is 17.9. The molecule has 5 heteroatoms. The second-order valence-electron chi connectivity index (χ2n) is 5.88. The molecule has 0 heterocycles. The summed E-state index contributed by atoms with van der Waals surface area (Å²) in [5, 5.41) is 0. The molecule has 0 radical (unpaired) electrons. The highest BCUT2D eigenvalue weighted by Crippen LogP contribution is 2.29. The normalized spacial score (nSPS) is 13.6. The van der Waals surface area contributed by atoms with Crippen molar-refractivity contribution in [2.24, 2.45) is 22.8 Å². The Morgan fingerprint density at radius 2 is 1.74 bits per heavy atom. The first-order valence-electron chi connectivity index (χ1n) is 6.57. The molecular formula is C14H28N2O3. The number of hydrogen-bond acceptors (Lipinski definition) is 5. The maximum Gasteiger partial charge on any atom is 0.201 e. The van der Waals surface area contributed by atoms with Crippen molar-refractivity contribution in [3.8, 4) is 0 Å². The Hall–Kier alpha value is -1.07. The van der Waals surface area contributed by atoms with Crippen LogP contribution < -0.4 is 11.5 Å². The fraction of sp³-hybridized carbons (Fsp3) is 0.786. The summed E-state index contributed by atoms with van der Waals surface area (Å²) in [7, 11) is 0. The lowest BCUT2D eigenvalue weighted by Gasteiger charge is -2.25. The van der Waals surface area contributed by atoms with Gasteiger partial charge in [-0.3, -0.25) is 16.3 Å². The highest BCUT2D eigenvalue weighted by atomic mass is 16.5. The molecule has 0 atom stereocenters. The average molecular weight is 272 g/mol. The van der Waals surface area contributed by atoms with Crippen LogP contribution in [0.25, 0.3) is 0 Å². The maximum atomic E-state index is 11.6. The van der Waals surface area contributed by atoms with E-state index in [1.54, 1.807) is 13.8 Å². The fourth-order valence-electron chi connectivity index (χ4n) is 1.34. The van der Waals surface area contributed by atoms with Gasteiger partial charge in [0.25, 0.3) is 0 Å². The predicted octanol–water partition coefficient (Wildman–Crippen LogP) is 2.11. The smallest absolute Gasteiger partial charge is 0.201 e. The lowest BCUT2D eigenvalue weighted by molar-refractivity contribution is -0.125. The molecule has 0 aliphatic carbocycles. The van der Waals surface area contributed by atoms with E-state index in [4.69, 9.17) is 20.9 Å². The van der Waals surface area contributed by atoms with Crippen molar-refractivity contribution in [3.05, 3.63) is 11.5 Å². The van der Waals surface area contributed by atoms with Crippen LogP contribution in [-0.4, -0.2) is 18.7 Å². The van der Waals surface area contributed by atoms with Gasteiger partial charge in [0.1, 0.15) is 17.3 Å². The topological polar surface area (TPSA) is 87.6 Å². The minimum absolute atomic E-state index is 0.1000. The largest absolute Gasteiger partial charge is 0.494 e. The molecule has 0 spiro atoms. The summed E-state index contributed by atoms with van der Waals surface area (Å²) in [6.07, 6.45) is -0.425. The van der Waals surface area contributed by atoms with Gasteiger partial charge in [0.15, 0.2) is 0 Å².